The molecule has 0 aromatic carbocycles. The fraction of sp³-hybridized carbons (Fsp3) is 0.600. The van der Waals surface area contributed by atoms with Crippen molar-refractivity contribution < 1.29 is 9.47 Å². The van der Waals surface area contributed by atoms with Crippen LogP contribution in [0.15, 0.2) is 0 Å². The lowest BCUT2D eigenvalue weighted by Gasteiger charge is -2.08. The number of hydrogen-bond acceptors (Lipinski definition) is 6. The Kier molecular flexibility index (Phi) is 5.90. The summed E-state index contributed by atoms with van der Waals surface area (Å²) in [6.45, 7) is 9.03. The van der Waals surface area contributed by atoms with Crippen LogP contribution >= 0.6 is 11.3 Å². The quantitative estimate of drug-likeness (QED) is 0.760. The van der Waals surface area contributed by atoms with Crippen LogP contribution in [0.3, 0.4) is 0 Å². The lowest BCUT2D eigenvalue weighted by molar-refractivity contribution is 0.0717. The van der Waals surface area contributed by atoms with Crippen LogP contribution in [0.1, 0.15) is 23.2 Å². The first-order valence-electron chi connectivity index (χ1n) is 7.24. The van der Waals surface area contributed by atoms with E-state index in [1.807, 2.05) is 0 Å². The van der Waals surface area contributed by atoms with Gasteiger partial charge in [-0.1, -0.05) is 0 Å². The molecule has 0 atom stereocenters. The molecule has 0 saturated heterocycles. The van der Waals surface area contributed by atoms with Crippen LogP contribution in [0.4, 0.5) is 5.82 Å². The number of nitrogens with zero attached hydrogens (tertiary/aromatic N) is 2. The van der Waals surface area contributed by atoms with E-state index in [1.54, 1.807) is 18.4 Å². The zero-order valence-corrected chi connectivity index (χ0v) is 14.0. The Bertz CT molecular complexity index is 598. The van der Waals surface area contributed by atoms with Gasteiger partial charge in [0.05, 0.1) is 25.2 Å². The summed E-state index contributed by atoms with van der Waals surface area (Å²) in [5, 5.41) is 4.51. The minimum atomic E-state index is 0.607. The number of aryl methyl sites for hydroxylation is 2. The molecule has 0 aliphatic heterocycles. The first-order valence-corrected chi connectivity index (χ1v) is 8.06. The van der Waals surface area contributed by atoms with Crippen molar-refractivity contribution in [2.75, 3.05) is 38.8 Å². The molecule has 0 aliphatic carbocycles. The number of ether oxygens (including phenoxy) is 2. The third-order valence-corrected chi connectivity index (χ3v) is 4.42. The number of rotatable bonds is 8. The molecule has 0 aliphatic rings. The lowest BCUT2D eigenvalue weighted by atomic mass is 10.2. The van der Waals surface area contributed by atoms with Gasteiger partial charge in [0.1, 0.15) is 16.5 Å². The van der Waals surface area contributed by atoms with Crippen molar-refractivity contribution in [3.05, 3.63) is 16.3 Å². The number of anilines is 1. The fourth-order valence-electron chi connectivity index (χ4n) is 2.11. The van der Waals surface area contributed by atoms with Crippen molar-refractivity contribution >= 4 is 27.4 Å². The van der Waals surface area contributed by atoms with Crippen molar-refractivity contribution in [2.24, 2.45) is 0 Å². The average molecular weight is 309 g/mol. The van der Waals surface area contributed by atoms with E-state index in [9.17, 15) is 0 Å². The summed E-state index contributed by atoms with van der Waals surface area (Å²) < 4.78 is 10.5. The van der Waals surface area contributed by atoms with E-state index in [4.69, 9.17) is 9.47 Å². The van der Waals surface area contributed by atoms with Gasteiger partial charge in [-0.15, -0.1) is 11.3 Å². The molecule has 0 radical (unpaired) electrons. The van der Waals surface area contributed by atoms with Crippen LogP contribution < -0.4 is 5.32 Å². The highest BCUT2D eigenvalue weighted by molar-refractivity contribution is 7.18. The molecular formula is C15H23N3O2S. The molecule has 6 heteroatoms. The predicted octanol–water partition coefficient (Wildman–Crippen LogP) is 2.95. The van der Waals surface area contributed by atoms with Crippen LogP contribution in [0.2, 0.25) is 0 Å². The maximum absolute atomic E-state index is 5.50. The maximum Gasteiger partial charge on any atom is 0.138 e. The molecule has 2 aromatic heterocycles. The molecule has 1 N–H and O–H groups in total. The van der Waals surface area contributed by atoms with Crippen LogP contribution in [-0.2, 0) is 15.9 Å². The number of methoxy groups -OCH3 is 1. The van der Waals surface area contributed by atoms with Gasteiger partial charge in [0.25, 0.3) is 0 Å². The Labute approximate surface area is 129 Å². The summed E-state index contributed by atoms with van der Waals surface area (Å²) in [5.74, 6) is 1.77. The third-order valence-electron chi connectivity index (χ3n) is 3.32. The number of fused-ring (bicyclic) bond motifs is 1. The lowest BCUT2D eigenvalue weighted by Crippen LogP contribution is -2.09. The molecule has 0 bridgehead atoms. The highest BCUT2D eigenvalue weighted by Crippen LogP contribution is 2.33. The SMILES string of the molecule is CCNc1nc(CCOCCOC)nc2sc(C)c(C)c12. The number of nitrogens with one attached hydrogen (secondary N) is 1. The second-order valence-electron chi connectivity index (χ2n) is 4.84. The predicted molar refractivity (Wildman–Crippen MR) is 87.5 cm³/mol. The van der Waals surface area contributed by atoms with Crippen LogP contribution in [0.5, 0.6) is 0 Å². The Morgan fingerprint density at radius 2 is 1.95 bits per heavy atom. The van der Waals surface area contributed by atoms with Crippen LogP contribution in [0.25, 0.3) is 10.2 Å². The Hall–Kier alpha value is -1.24. The number of thiophene rings is 1. The summed E-state index contributed by atoms with van der Waals surface area (Å²) in [4.78, 5) is 11.7. The van der Waals surface area contributed by atoms with E-state index < -0.39 is 0 Å². The number of aromatic nitrogens is 2. The van der Waals surface area contributed by atoms with E-state index in [0.717, 1.165) is 28.4 Å². The second-order valence-corrected chi connectivity index (χ2v) is 6.04. The summed E-state index contributed by atoms with van der Waals surface area (Å²) in [6, 6.07) is 0. The van der Waals surface area contributed by atoms with Crippen molar-refractivity contribution in [3.8, 4) is 0 Å². The Balaban J connectivity index is 2.17. The van der Waals surface area contributed by atoms with Gasteiger partial charge >= 0.3 is 0 Å². The van der Waals surface area contributed by atoms with Gasteiger partial charge < -0.3 is 14.8 Å². The van der Waals surface area contributed by atoms with Crippen molar-refractivity contribution in [3.63, 3.8) is 0 Å². The third kappa shape index (κ3) is 3.90. The molecule has 0 unspecified atom stereocenters. The highest BCUT2D eigenvalue weighted by Gasteiger charge is 2.14. The van der Waals surface area contributed by atoms with E-state index in [-0.39, 0.29) is 0 Å². The van der Waals surface area contributed by atoms with Crippen molar-refractivity contribution in [1.82, 2.24) is 9.97 Å². The molecule has 2 aromatic rings. The summed E-state index contributed by atoms with van der Waals surface area (Å²) in [5.41, 5.74) is 1.27. The average Bonchev–Trinajstić information content (AvgIpc) is 2.74. The zero-order chi connectivity index (χ0) is 15.2. The molecule has 0 spiro atoms. The molecule has 21 heavy (non-hydrogen) atoms. The van der Waals surface area contributed by atoms with Crippen LogP contribution in [-0.4, -0.2) is 43.4 Å². The maximum atomic E-state index is 5.50. The topological polar surface area (TPSA) is 56.3 Å². The van der Waals surface area contributed by atoms with Crippen molar-refractivity contribution in [2.45, 2.75) is 27.2 Å². The highest BCUT2D eigenvalue weighted by atomic mass is 32.1. The van der Waals surface area contributed by atoms with Crippen molar-refractivity contribution in [1.29, 1.82) is 0 Å². The molecule has 0 fully saturated rings. The van der Waals surface area contributed by atoms with Gasteiger partial charge in [0, 0.05) is 25.0 Å². The summed E-state index contributed by atoms with van der Waals surface area (Å²) >= 11 is 1.73. The van der Waals surface area contributed by atoms with E-state index in [2.05, 4.69) is 36.1 Å². The minimum Gasteiger partial charge on any atom is -0.382 e. The Morgan fingerprint density at radius 1 is 1.14 bits per heavy atom. The van der Waals surface area contributed by atoms with E-state index >= 15 is 0 Å². The van der Waals surface area contributed by atoms with Gasteiger partial charge in [-0.25, -0.2) is 9.97 Å². The van der Waals surface area contributed by atoms with Gasteiger partial charge in [0.2, 0.25) is 0 Å². The first kappa shape index (κ1) is 16.1. The summed E-state index contributed by atoms with van der Waals surface area (Å²) in [6.07, 6.45) is 0.716. The van der Waals surface area contributed by atoms with Gasteiger partial charge in [-0.05, 0) is 26.3 Å². The molecule has 0 saturated carbocycles. The van der Waals surface area contributed by atoms with E-state index in [0.29, 0.717) is 26.2 Å². The Morgan fingerprint density at radius 3 is 2.67 bits per heavy atom. The molecule has 5 nitrogen and oxygen atoms in total. The largest absolute Gasteiger partial charge is 0.382 e. The van der Waals surface area contributed by atoms with E-state index in [1.165, 1.54) is 10.4 Å². The minimum absolute atomic E-state index is 0.607. The smallest absolute Gasteiger partial charge is 0.138 e. The van der Waals surface area contributed by atoms with Gasteiger partial charge in [-0.2, -0.15) is 0 Å². The molecule has 116 valence electrons. The second kappa shape index (κ2) is 7.68. The van der Waals surface area contributed by atoms with Gasteiger partial charge in [0.15, 0.2) is 0 Å². The summed E-state index contributed by atoms with van der Waals surface area (Å²) in [7, 11) is 1.67. The fourth-order valence-corrected chi connectivity index (χ4v) is 3.16. The normalized spacial score (nSPS) is 11.2. The molecule has 0 amide bonds. The molecular weight excluding hydrogens is 286 g/mol. The monoisotopic (exact) mass is 309 g/mol. The molecule has 2 rings (SSSR count). The molecule has 2 heterocycles. The van der Waals surface area contributed by atoms with Gasteiger partial charge in [-0.3, -0.25) is 0 Å². The first-order chi connectivity index (χ1) is 10.2. The van der Waals surface area contributed by atoms with Crippen LogP contribution in [0, 0.1) is 13.8 Å². The standard InChI is InChI=1S/C15H23N3O2S/c1-5-16-14-13-10(2)11(3)21-15(13)18-12(17-14)6-7-20-9-8-19-4/h5-9H2,1-4H3,(H,16,17,18). The number of hydrogen-bond donors (Lipinski definition) is 1. The zero-order valence-electron chi connectivity index (χ0n) is 13.2.